The molecule has 0 aliphatic heterocycles. The zero-order valence-corrected chi connectivity index (χ0v) is 15.3. The lowest BCUT2D eigenvalue weighted by Gasteiger charge is -2.18. The Morgan fingerprint density at radius 2 is 2.04 bits per heavy atom. The van der Waals surface area contributed by atoms with Crippen LogP contribution in [-0.2, 0) is 4.74 Å². The lowest BCUT2D eigenvalue weighted by Crippen LogP contribution is -2.42. The van der Waals surface area contributed by atoms with Gasteiger partial charge < -0.3 is 20.5 Å². The van der Waals surface area contributed by atoms with Crippen molar-refractivity contribution in [3.8, 4) is 0 Å². The Morgan fingerprint density at radius 3 is 2.70 bits per heavy atom. The number of ether oxygens (including phenoxy) is 1. The maximum Gasteiger partial charge on any atom is 0.191 e. The Morgan fingerprint density at radius 1 is 1.26 bits per heavy atom. The number of guanidine groups is 1. The summed E-state index contributed by atoms with van der Waals surface area (Å²) in [4.78, 5) is 4.48. The highest BCUT2D eigenvalue weighted by Crippen LogP contribution is 2.28. The van der Waals surface area contributed by atoms with Crippen LogP contribution in [-0.4, -0.2) is 49.5 Å². The molecule has 0 heterocycles. The van der Waals surface area contributed by atoms with Crippen molar-refractivity contribution in [1.82, 2.24) is 10.6 Å². The first-order chi connectivity index (χ1) is 11.2. The highest BCUT2D eigenvalue weighted by Gasteiger charge is 2.21. The van der Waals surface area contributed by atoms with Gasteiger partial charge in [0.2, 0.25) is 0 Å². The van der Waals surface area contributed by atoms with Gasteiger partial charge in [0.05, 0.1) is 19.3 Å². The summed E-state index contributed by atoms with van der Waals surface area (Å²) in [5.74, 6) is 1.52. The summed E-state index contributed by atoms with van der Waals surface area (Å²) < 4.78 is 5.51. The van der Waals surface area contributed by atoms with Crippen molar-refractivity contribution in [1.29, 1.82) is 0 Å². The smallest absolute Gasteiger partial charge is 0.191 e. The fourth-order valence-electron chi connectivity index (χ4n) is 2.41. The SMILES string of the molecule is CCCCCCC(C)NC(=NCC(O)COCC1CC1)NCC. The van der Waals surface area contributed by atoms with Crippen LogP contribution in [0.15, 0.2) is 4.99 Å². The minimum Gasteiger partial charge on any atom is -0.389 e. The van der Waals surface area contributed by atoms with Gasteiger partial charge in [-0.15, -0.1) is 0 Å². The van der Waals surface area contributed by atoms with Gasteiger partial charge in [0.1, 0.15) is 0 Å². The topological polar surface area (TPSA) is 65.9 Å². The second-order valence-corrected chi connectivity index (χ2v) is 6.75. The summed E-state index contributed by atoms with van der Waals surface area (Å²) >= 11 is 0. The van der Waals surface area contributed by atoms with E-state index in [4.69, 9.17) is 4.74 Å². The Labute approximate surface area is 142 Å². The molecule has 0 saturated heterocycles. The molecule has 1 aliphatic carbocycles. The maximum atomic E-state index is 9.95. The Kier molecular flexibility index (Phi) is 11.1. The molecule has 0 aromatic heterocycles. The molecule has 23 heavy (non-hydrogen) atoms. The van der Waals surface area contributed by atoms with Crippen LogP contribution in [0.25, 0.3) is 0 Å². The second-order valence-electron chi connectivity index (χ2n) is 6.75. The molecule has 0 spiro atoms. The largest absolute Gasteiger partial charge is 0.389 e. The number of nitrogens with zero attached hydrogens (tertiary/aromatic N) is 1. The summed E-state index contributed by atoms with van der Waals surface area (Å²) in [6, 6.07) is 0.396. The third-order valence-corrected chi connectivity index (χ3v) is 4.04. The van der Waals surface area contributed by atoms with Gasteiger partial charge in [-0.3, -0.25) is 4.99 Å². The van der Waals surface area contributed by atoms with E-state index in [0.717, 1.165) is 31.4 Å². The summed E-state index contributed by atoms with van der Waals surface area (Å²) in [6.07, 6.45) is 8.31. The van der Waals surface area contributed by atoms with Crippen LogP contribution in [0.1, 0.15) is 65.7 Å². The average Bonchev–Trinajstić information content (AvgIpc) is 3.34. The van der Waals surface area contributed by atoms with Crippen LogP contribution >= 0.6 is 0 Å². The summed E-state index contributed by atoms with van der Waals surface area (Å²) in [7, 11) is 0. The Hall–Kier alpha value is -0.810. The first kappa shape index (κ1) is 20.2. The van der Waals surface area contributed by atoms with Crippen molar-refractivity contribution in [2.24, 2.45) is 10.9 Å². The number of hydrogen-bond acceptors (Lipinski definition) is 3. The number of nitrogens with one attached hydrogen (secondary N) is 2. The van der Waals surface area contributed by atoms with E-state index in [-0.39, 0.29) is 0 Å². The number of aliphatic imine (C=N–C) groups is 1. The van der Waals surface area contributed by atoms with E-state index in [1.165, 1.54) is 38.5 Å². The predicted octanol–water partition coefficient (Wildman–Crippen LogP) is 2.69. The quantitative estimate of drug-likeness (QED) is 0.276. The molecule has 5 nitrogen and oxygen atoms in total. The van der Waals surface area contributed by atoms with E-state index in [2.05, 4.69) is 36.4 Å². The van der Waals surface area contributed by atoms with E-state index in [0.29, 0.717) is 19.2 Å². The zero-order chi connectivity index (χ0) is 16.9. The lowest BCUT2D eigenvalue weighted by atomic mass is 10.1. The molecule has 1 aliphatic rings. The van der Waals surface area contributed by atoms with Gasteiger partial charge in [0.15, 0.2) is 5.96 Å². The van der Waals surface area contributed by atoms with Crippen molar-refractivity contribution < 1.29 is 9.84 Å². The minimum absolute atomic E-state index is 0.378. The van der Waals surface area contributed by atoms with Gasteiger partial charge in [-0.05, 0) is 39.0 Å². The monoisotopic (exact) mass is 327 g/mol. The van der Waals surface area contributed by atoms with Crippen LogP contribution in [0.3, 0.4) is 0 Å². The van der Waals surface area contributed by atoms with E-state index in [1.807, 2.05) is 0 Å². The molecule has 136 valence electrons. The van der Waals surface area contributed by atoms with E-state index in [9.17, 15) is 5.11 Å². The molecule has 2 unspecified atom stereocenters. The van der Waals surface area contributed by atoms with Crippen molar-refractivity contribution in [2.45, 2.75) is 77.9 Å². The first-order valence-corrected chi connectivity index (χ1v) is 9.46. The number of rotatable bonds is 13. The predicted molar refractivity (Wildman–Crippen MR) is 96.9 cm³/mol. The van der Waals surface area contributed by atoms with E-state index in [1.54, 1.807) is 0 Å². The third kappa shape index (κ3) is 11.4. The fraction of sp³-hybridized carbons (Fsp3) is 0.944. The normalized spacial score (nSPS) is 17.8. The summed E-state index contributed by atoms with van der Waals surface area (Å²) in [5.41, 5.74) is 0. The van der Waals surface area contributed by atoms with Crippen molar-refractivity contribution in [2.75, 3.05) is 26.3 Å². The fourth-order valence-corrected chi connectivity index (χ4v) is 2.41. The van der Waals surface area contributed by atoms with Crippen LogP contribution in [0.4, 0.5) is 0 Å². The average molecular weight is 328 g/mol. The van der Waals surface area contributed by atoms with Crippen LogP contribution < -0.4 is 10.6 Å². The number of aliphatic hydroxyl groups is 1. The van der Waals surface area contributed by atoms with Crippen LogP contribution in [0, 0.1) is 5.92 Å². The molecule has 5 heteroatoms. The van der Waals surface area contributed by atoms with Crippen LogP contribution in [0.2, 0.25) is 0 Å². The van der Waals surface area contributed by atoms with Crippen molar-refractivity contribution >= 4 is 5.96 Å². The summed E-state index contributed by atoms with van der Waals surface area (Å²) in [6.45, 7) is 8.84. The van der Waals surface area contributed by atoms with Gasteiger partial charge in [0, 0.05) is 19.2 Å². The standard InChI is InChI=1S/C18H37N3O2/c1-4-6-7-8-9-15(3)21-18(19-5-2)20-12-17(22)14-23-13-16-10-11-16/h15-17,22H,4-14H2,1-3H3,(H2,19,20,21). The molecule has 0 radical (unpaired) electrons. The molecule has 0 aromatic rings. The lowest BCUT2D eigenvalue weighted by molar-refractivity contribution is 0.0368. The molecule has 0 bridgehead atoms. The number of hydrogen-bond donors (Lipinski definition) is 3. The van der Waals surface area contributed by atoms with Gasteiger partial charge in [-0.1, -0.05) is 32.6 Å². The highest BCUT2D eigenvalue weighted by molar-refractivity contribution is 5.80. The molecular formula is C18H37N3O2. The molecule has 1 fully saturated rings. The molecule has 0 aromatic carbocycles. The third-order valence-electron chi connectivity index (χ3n) is 4.04. The molecule has 1 saturated carbocycles. The minimum atomic E-state index is -0.524. The van der Waals surface area contributed by atoms with Gasteiger partial charge in [-0.25, -0.2) is 0 Å². The van der Waals surface area contributed by atoms with Gasteiger partial charge in [-0.2, -0.15) is 0 Å². The molecule has 2 atom stereocenters. The molecular weight excluding hydrogens is 290 g/mol. The highest BCUT2D eigenvalue weighted by atomic mass is 16.5. The van der Waals surface area contributed by atoms with Crippen LogP contribution in [0.5, 0.6) is 0 Å². The molecule has 3 N–H and O–H groups in total. The van der Waals surface area contributed by atoms with Gasteiger partial charge in [0.25, 0.3) is 0 Å². The number of aliphatic hydroxyl groups excluding tert-OH is 1. The summed E-state index contributed by atoms with van der Waals surface area (Å²) in [5, 5.41) is 16.6. The second kappa shape index (κ2) is 12.6. The van der Waals surface area contributed by atoms with E-state index >= 15 is 0 Å². The molecule has 0 amide bonds. The van der Waals surface area contributed by atoms with Gasteiger partial charge >= 0.3 is 0 Å². The van der Waals surface area contributed by atoms with Crippen molar-refractivity contribution in [3.63, 3.8) is 0 Å². The van der Waals surface area contributed by atoms with E-state index < -0.39 is 6.10 Å². The van der Waals surface area contributed by atoms with Crippen molar-refractivity contribution in [3.05, 3.63) is 0 Å². The Balaban J connectivity index is 2.21. The number of unbranched alkanes of at least 4 members (excludes halogenated alkanes) is 3. The maximum absolute atomic E-state index is 9.95. The Bertz CT molecular complexity index is 319. The zero-order valence-electron chi connectivity index (χ0n) is 15.3. The molecule has 1 rings (SSSR count). The first-order valence-electron chi connectivity index (χ1n) is 9.46.